The Balaban J connectivity index is 0.000000461. The second-order valence-corrected chi connectivity index (χ2v) is 2.55. The van der Waals surface area contributed by atoms with Crippen LogP contribution in [0.5, 0.6) is 0 Å². The predicted molar refractivity (Wildman–Crippen MR) is 58.2 cm³/mol. The fraction of sp³-hybridized carbons (Fsp3) is 0.182. The molecule has 2 aromatic rings. The molecule has 0 spiro atoms. The minimum absolute atomic E-state index is 0.354. The molecule has 0 amide bonds. The van der Waals surface area contributed by atoms with Gasteiger partial charge in [0, 0.05) is 23.2 Å². The molecule has 0 unspecified atom stereocenters. The van der Waals surface area contributed by atoms with Crippen LogP contribution < -0.4 is 11.4 Å². The first-order chi connectivity index (χ1) is 6.75. The molecule has 0 bridgehead atoms. The average molecular weight is 191 g/mol. The van der Waals surface area contributed by atoms with Crippen molar-refractivity contribution in [2.24, 2.45) is 0 Å². The summed E-state index contributed by atoms with van der Waals surface area (Å²) < 4.78 is 4.91. The maximum Gasteiger partial charge on any atom is 0.336 e. The molecular weight excluding hydrogens is 178 g/mol. The van der Waals surface area contributed by atoms with Crippen molar-refractivity contribution in [1.82, 2.24) is 0 Å². The fourth-order valence-electron chi connectivity index (χ4n) is 1.08. The molecule has 14 heavy (non-hydrogen) atoms. The summed E-state index contributed by atoms with van der Waals surface area (Å²) in [6, 6.07) is 8.31. The van der Waals surface area contributed by atoms with Crippen LogP contribution in [-0.4, -0.2) is 0 Å². The topological polar surface area (TPSA) is 56.2 Å². The van der Waals surface area contributed by atoms with E-state index in [9.17, 15) is 4.79 Å². The Bertz CT molecular complexity index is 474. The summed E-state index contributed by atoms with van der Waals surface area (Å²) in [6.07, 6.45) is 0. The number of hydrogen-bond acceptors (Lipinski definition) is 3. The van der Waals surface area contributed by atoms with Gasteiger partial charge in [-0.2, -0.15) is 0 Å². The lowest BCUT2D eigenvalue weighted by atomic mass is 10.2. The van der Waals surface area contributed by atoms with Gasteiger partial charge in [0.25, 0.3) is 0 Å². The number of anilines is 1. The molecule has 0 aliphatic carbocycles. The van der Waals surface area contributed by atoms with Crippen LogP contribution in [0.4, 0.5) is 5.69 Å². The van der Waals surface area contributed by atoms with Crippen LogP contribution in [0.2, 0.25) is 0 Å². The van der Waals surface area contributed by atoms with Gasteiger partial charge in [-0.1, -0.05) is 13.8 Å². The monoisotopic (exact) mass is 191 g/mol. The summed E-state index contributed by atoms with van der Waals surface area (Å²) in [5, 5.41) is 0.879. The van der Waals surface area contributed by atoms with E-state index in [4.69, 9.17) is 10.2 Å². The second-order valence-electron chi connectivity index (χ2n) is 2.55. The quantitative estimate of drug-likeness (QED) is 0.514. The van der Waals surface area contributed by atoms with Gasteiger partial charge in [-0.25, -0.2) is 4.79 Å². The maximum atomic E-state index is 10.8. The Hall–Kier alpha value is -1.77. The third-order valence-corrected chi connectivity index (χ3v) is 1.65. The van der Waals surface area contributed by atoms with Gasteiger partial charge in [-0.3, -0.25) is 0 Å². The van der Waals surface area contributed by atoms with Crippen LogP contribution >= 0.6 is 0 Å². The number of nitrogen functional groups attached to an aromatic ring is 1. The van der Waals surface area contributed by atoms with Crippen molar-refractivity contribution in [2.75, 3.05) is 5.73 Å². The Morgan fingerprint density at radius 3 is 2.50 bits per heavy atom. The average Bonchev–Trinajstić information content (AvgIpc) is 2.20. The molecule has 0 atom stereocenters. The first kappa shape index (κ1) is 10.3. The molecule has 2 N–H and O–H groups in total. The molecule has 0 fully saturated rings. The van der Waals surface area contributed by atoms with Crippen LogP contribution in [-0.2, 0) is 0 Å². The summed E-state index contributed by atoms with van der Waals surface area (Å²) in [6.45, 7) is 4.00. The molecule has 74 valence electrons. The van der Waals surface area contributed by atoms with Crippen LogP contribution in [0.15, 0.2) is 39.5 Å². The van der Waals surface area contributed by atoms with Crippen molar-refractivity contribution in [2.45, 2.75) is 13.8 Å². The first-order valence-corrected chi connectivity index (χ1v) is 4.55. The lowest BCUT2D eigenvalue weighted by molar-refractivity contribution is 0.561. The number of hydrogen-bond donors (Lipinski definition) is 1. The number of fused-ring (bicyclic) bond motifs is 1. The van der Waals surface area contributed by atoms with E-state index in [1.165, 1.54) is 6.07 Å². The third kappa shape index (κ3) is 2.13. The molecule has 0 aliphatic heterocycles. The zero-order valence-electron chi connectivity index (χ0n) is 8.28. The normalized spacial score (nSPS) is 9.29. The molecule has 0 radical (unpaired) electrons. The molecule has 2 rings (SSSR count). The van der Waals surface area contributed by atoms with Gasteiger partial charge in [-0.05, 0) is 18.2 Å². The van der Waals surface area contributed by atoms with E-state index in [-0.39, 0.29) is 5.63 Å². The Morgan fingerprint density at radius 2 is 1.79 bits per heavy atom. The van der Waals surface area contributed by atoms with Gasteiger partial charge >= 0.3 is 5.63 Å². The van der Waals surface area contributed by atoms with Gasteiger partial charge < -0.3 is 10.2 Å². The van der Waals surface area contributed by atoms with E-state index in [2.05, 4.69) is 0 Å². The summed E-state index contributed by atoms with van der Waals surface area (Å²) >= 11 is 0. The van der Waals surface area contributed by atoms with E-state index < -0.39 is 0 Å². The van der Waals surface area contributed by atoms with Crippen molar-refractivity contribution >= 4 is 16.7 Å². The van der Waals surface area contributed by atoms with Crippen LogP contribution in [0.1, 0.15) is 13.8 Å². The van der Waals surface area contributed by atoms with E-state index in [1.54, 1.807) is 18.2 Å². The smallest absolute Gasteiger partial charge is 0.336 e. The van der Waals surface area contributed by atoms with Gasteiger partial charge in [0.1, 0.15) is 5.58 Å². The van der Waals surface area contributed by atoms with Crippen molar-refractivity contribution in [3.63, 3.8) is 0 Å². The van der Waals surface area contributed by atoms with Crippen LogP contribution in [0.3, 0.4) is 0 Å². The minimum Gasteiger partial charge on any atom is -0.423 e. The predicted octanol–water partition coefficient (Wildman–Crippen LogP) is 2.40. The maximum absolute atomic E-state index is 10.8. The Labute approximate surface area is 82.2 Å². The highest BCUT2D eigenvalue weighted by molar-refractivity contribution is 5.79. The molecular formula is C11H13NO2. The lowest BCUT2D eigenvalue weighted by Gasteiger charge is -1.95. The van der Waals surface area contributed by atoms with Crippen molar-refractivity contribution in [1.29, 1.82) is 0 Å². The highest BCUT2D eigenvalue weighted by Crippen LogP contribution is 2.14. The molecule has 3 heteroatoms. The highest BCUT2D eigenvalue weighted by Gasteiger charge is 1.95. The Kier molecular flexibility index (Phi) is 3.29. The third-order valence-electron chi connectivity index (χ3n) is 1.65. The molecule has 3 nitrogen and oxygen atoms in total. The molecule has 0 saturated carbocycles. The minimum atomic E-state index is -0.354. The summed E-state index contributed by atoms with van der Waals surface area (Å²) in [5.74, 6) is 0. The molecule has 1 aromatic heterocycles. The largest absolute Gasteiger partial charge is 0.423 e. The SMILES string of the molecule is CC.Nc1ccc2ccc(=O)oc2c1. The lowest BCUT2D eigenvalue weighted by Crippen LogP contribution is -1.94. The highest BCUT2D eigenvalue weighted by atomic mass is 16.4. The second kappa shape index (κ2) is 4.46. The van der Waals surface area contributed by atoms with Crippen LogP contribution in [0.25, 0.3) is 11.0 Å². The van der Waals surface area contributed by atoms with Crippen LogP contribution in [0, 0.1) is 0 Å². The zero-order chi connectivity index (χ0) is 10.6. The first-order valence-electron chi connectivity index (χ1n) is 4.55. The molecule has 1 heterocycles. The summed E-state index contributed by atoms with van der Waals surface area (Å²) in [7, 11) is 0. The van der Waals surface area contributed by atoms with E-state index in [0.29, 0.717) is 11.3 Å². The van der Waals surface area contributed by atoms with E-state index in [0.717, 1.165) is 5.39 Å². The zero-order valence-corrected chi connectivity index (χ0v) is 8.28. The van der Waals surface area contributed by atoms with Gasteiger partial charge in [0.2, 0.25) is 0 Å². The number of nitrogens with two attached hydrogens (primary N) is 1. The fourth-order valence-corrected chi connectivity index (χ4v) is 1.08. The van der Waals surface area contributed by atoms with Gasteiger partial charge in [0.05, 0.1) is 0 Å². The van der Waals surface area contributed by atoms with Gasteiger partial charge in [-0.15, -0.1) is 0 Å². The standard InChI is InChI=1S/C9H7NO2.C2H6/c10-7-3-1-6-2-4-9(11)12-8(6)5-7;1-2/h1-5H,10H2;1-2H3. The van der Waals surface area contributed by atoms with E-state index in [1.807, 2.05) is 19.9 Å². The van der Waals surface area contributed by atoms with Crippen molar-refractivity contribution in [3.8, 4) is 0 Å². The van der Waals surface area contributed by atoms with Crippen molar-refractivity contribution < 1.29 is 4.42 Å². The molecule has 0 saturated heterocycles. The van der Waals surface area contributed by atoms with Gasteiger partial charge in [0.15, 0.2) is 0 Å². The number of benzene rings is 1. The Morgan fingerprint density at radius 1 is 1.14 bits per heavy atom. The summed E-state index contributed by atoms with van der Waals surface area (Å²) in [4.78, 5) is 10.8. The van der Waals surface area contributed by atoms with E-state index >= 15 is 0 Å². The van der Waals surface area contributed by atoms with Crippen molar-refractivity contribution in [3.05, 3.63) is 40.8 Å². The number of rotatable bonds is 0. The summed E-state index contributed by atoms with van der Waals surface area (Å²) in [5.41, 5.74) is 6.28. The molecule has 0 aliphatic rings. The molecule has 1 aromatic carbocycles.